The topological polar surface area (TPSA) is 87.7 Å². The van der Waals surface area contributed by atoms with E-state index in [2.05, 4.69) is 10.8 Å². The van der Waals surface area contributed by atoms with Crippen LogP contribution in [0.15, 0.2) is 77.9 Å². The number of allylic oxidation sites excluding steroid dienone is 2. The van der Waals surface area contributed by atoms with E-state index < -0.39 is 10.0 Å². The van der Waals surface area contributed by atoms with Crippen molar-refractivity contribution in [3.63, 3.8) is 0 Å². The van der Waals surface area contributed by atoms with E-state index in [0.29, 0.717) is 23.0 Å². The van der Waals surface area contributed by atoms with E-state index in [1.807, 2.05) is 19.1 Å². The van der Waals surface area contributed by atoms with Crippen molar-refractivity contribution in [2.45, 2.75) is 31.2 Å². The average molecular weight is 518 g/mol. The van der Waals surface area contributed by atoms with Crippen LogP contribution in [0.25, 0.3) is 0 Å². The zero-order valence-electron chi connectivity index (χ0n) is 20.0. The van der Waals surface area contributed by atoms with Gasteiger partial charge >= 0.3 is 0 Å². The Morgan fingerprint density at radius 3 is 2.46 bits per heavy atom. The lowest BCUT2D eigenvalue weighted by atomic mass is 10.1. The van der Waals surface area contributed by atoms with Crippen LogP contribution in [0.5, 0.6) is 0 Å². The molecule has 2 aromatic rings. The van der Waals surface area contributed by atoms with E-state index >= 15 is 0 Å². The van der Waals surface area contributed by atoms with Crippen LogP contribution >= 0.6 is 11.6 Å². The van der Waals surface area contributed by atoms with Crippen LogP contribution < -0.4 is 10.8 Å². The first-order chi connectivity index (χ1) is 16.8. The van der Waals surface area contributed by atoms with Crippen molar-refractivity contribution in [1.82, 2.24) is 15.1 Å². The number of benzene rings is 2. The second-order valence-corrected chi connectivity index (χ2v) is 11.0. The number of carbonyl (C=O) groups excluding carboxylic acids is 1. The van der Waals surface area contributed by atoms with Crippen molar-refractivity contribution in [1.29, 1.82) is 0 Å². The lowest BCUT2D eigenvalue weighted by Crippen LogP contribution is -2.34. The molecule has 1 aliphatic carbocycles. The highest BCUT2D eigenvalue weighted by Gasteiger charge is 2.26. The first-order valence-corrected chi connectivity index (χ1v) is 13.4. The van der Waals surface area contributed by atoms with Crippen LogP contribution in [0.4, 0.5) is 0 Å². The van der Waals surface area contributed by atoms with Crippen LogP contribution in [0, 0.1) is 11.8 Å². The molecule has 7 nitrogen and oxygen atoms in total. The minimum absolute atomic E-state index is 0.0586. The first kappa shape index (κ1) is 26.9. The van der Waals surface area contributed by atoms with Crippen molar-refractivity contribution in [2.75, 3.05) is 20.2 Å². The van der Waals surface area contributed by atoms with E-state index in [1.54, 1.807) is 48.7 Å². The highest BCUT2D eigenvalue weighted by Crippen LogP contribution is 2.27. The molecular formula is C26H32ClN3O4S. The number of halogens is 1. The Morgan fingerprint density at radius 2 is 1.83 bits per heavy atom. The maximum absolute atomic E-state index is 13.5. The smallest absolute Gasteiger partial charge is 0.251 e. The Labute approximate surface area is 212 Å². The zero-order chi connectivity index (χ0) is 25.3. The van der Waals surface area contributed by atoms with Gasteiger partial charge in [0.2, 0.25) is 10.0 Å². The molecule has 35 heavy (non-hydrogen) atoms. The molecule has 0 radical (unpaired) electrons. The van der Waals surface area contributed by atoms with Crippen LogP contribution in [-0.4, -0.2) is 38.8 Å². The minimum Gasteiger partial charge on any atom is -0.352 e. The summed E-state index contributed by atoms with van der Waals surface area (Å²) in [5.41, 5.74) is 3.95. The second kappa shape index (κ2) is 12.9. The van der Waals surface area contributed by atoms with Crippen molar-refractivity contribution in [3.8, 4) is 0 Å². The number of nitrogens with zero attached hydrogens (tertiary/aromatic N) is 1. The monoisotopic (exact) mass is 517 g/mol. The quantitative estimate of drug-likeness (QED) is 0.301. The van der Waals surface area contributed by atoms with Crippen LogP contribution in [-0.2, 0) is 21.4 Å². The predicted molar refractivity (Wildman–Crippen MR) is 138 cm³/mol. The molecule has 9 heteroatoms. The van der Waals surface area contributed by atoms with Gasteiger partial charge in [-0.25, -0.2) is 8.42 Å². The lowest BCUT2D eigenvalue weighted by molar-refractivity contribution is 0.0951. The van der Waals surface area contributed by atoms with Gasteiger partial charge in [-0.15, -0.1) is 0 Å². The number of nitrogens with one attached hydrogen (secondary N) is 2. The number of hydroxylamine groups is 1. The molecule has 1 saturated carbocycles. The lowest BCUT2D eigenvalue weighted by Gasteiger charge is -2.24. The molecule has 188 valence electrons. The predicted octanol–water partition coefficient (Wildman–Crippen LogP) is 4.53. The summed E-state index contributed by atoms with van der Waals surface area (Å²) in [6.45, 7) is 3.10. The van der Waals surface area contributed by atoms with Gasteiger partial charge in [0.25, 0.3) is 5.91 Å². The Balaban J connectivity index is 1.75. The Kier molecular flexibility index (Phi) is 9.92. The third-order valence-electron chi connectivity index (χ3n) is 5.60. The van der Waals surface area contributed by atoms with Gasteiger partial charge in [-0.1, -0.05) is 42.8 Å². The van der Waals surface area contributed by atoms with Crippen LogP contribution in [0.3, 0.4) is 0 Å². The van der Waals surface area contributed by atoms with Crippen molar-refractivity contribution in [2.24, 2.45) is 11.8 Å². The molecule has 1 atom stereocenters. The molecule has 1 aliphatic rings. The summed E-state index contributed by atoms with van der Waals surface area (Å²) in [6.07, 6.45) is 9.50. The minimum atomic E-state index is -3.78. The number of carbonyl (C=O) groups is 1. The summed E-state index contributed by atoms with van der Waals surface area (Å²) in [7, 11) is -2.26. The Morgan fingerprint density at radius 1 is 1.14 bits per heavy atom. The molecule has 2 aromatic carbocycles. The number of amides is 1. The molecular weight excluding hydrogens is 486 g/mol. The zero-order valence-corrected chi connectivity index (χ0v) is 21.6. The van der Waals surface area contributed by atoms with Crippen molar-refractivity contribution < 1.29 is 18.0 Å². The van der Waals surface area contributed by atoms with Gasteiger partial charge in [0.05, 0.1) is 12.0 Å². The van der Waals surface area contributed by atoms with Gasteiger partial charge in [0.15, 0.2) is 0 Å². The maximum atomic E-state index is 13.5. The van der Waals surface area contributed by atoms with E-state index in [-0.39, 0.29) is 29.8 Å². The van der Waals surface area contributed by atoms with Gasteiger partial charge < -0.3 is 5.32 Å². The summed E-state index contributed by atoms with van der Waals surface area (Å²) in [6, 6.07) is 13.2. The number of sulfonamides is 1. The standard InChI is InChI=1S/C26H32ClN3O4S/c1-20(5-3-4-16-29-34-2)18-30(35(32,33)25-14-12-24(27)13-15-25)19-22-8-10-23(11-9-22)26(31)28-17-21-6-7-21/h3-5,8-16,20-21,29H,6-7,17-19H2,1-2H3,(H,28,31)/b5-3-,16-4-. The molecule has 0 bridgehead atoms. The van der Waals surface area contributed by atoms with Gasteiger partial charge in [0, 0.05) is 36.4 Å². The van der Waals surface area contributed by atoms with Gasteiger partial charge in [-0.2, -0.15) is 4.31 Å². The molecule has 0 spiro atoms. The molecule has 1 amide bonds. The molecule has 3 rings (SSSR count). The normalized spacial score (nSPS) is 15.1. The van der Waals surface area contributed by atoms with Crippen LogP contribution in [0.1, 0.15) is 35.7 Å². The Bertz CT molecular complexity index is 1130. The SMILES string of the molecule is CON/C=C\C=C/C(C)CN(Cc1ccc(C(=O)NCC2CC2)cc1)S(=O)(=O)c1ccc(Cl)cc1. The number of hydrogen-bond donors (Lipinski definition) is 2. The second-order valence-electron chi connectivity index (χ2n) is 8.65. The first-order valence-electron chi connectivity index (χ1n) is 11.5. The van der Waals surface area contributed by atoms with E-state index in [0.717, 1.165) is 5.56 Å². The Hall–Kier alpha value is -2.65. The van der Waals surface area contributed by atoms with Gasteiger partial charge in [-0.05, 0) is 72.7 Å². The van der Waals surface area contributed by atoms with E-state index in [1.165, 1.54) is 36.4 Å². The molecule has 0 aromatic heterocycles. The molecule has 0 saturated heterocycles. The maximum Gasteiger partial charge on any atom is 0.251 e. The van der Waals surface area contributed by atoms with E-state index in [4.69, 9.17) is 16.4 Å². The summed E-state index contributed by atoms with van der Waals surface area (Å²) in [4.78, 5) is 17.3. The summed E-state index contributed by atoms with van der Waals surface area (Å²) in [5, 5.41) is 3.42. The van der Waals surface area contributed by atoms with Crippen molar-refractivity contribution in [3.05, 3.63) is 89.1 Å². The molecule has 2 N–H and O–H groups in total. The summed E-state index contributed by atoms with van der Waals surface area (Å²) in [5.74, 6) is 0.438. The summed E-state index contributed by atoms with van der Waals surface area (Å²) < 4.78 is 28.4. The molecule has 1 fully saturated rings. The highest BCUT2D eigenvalue weighted by molar-refractivity contribution is 7.89. The fourth-order valence-electron chi connectivity index (χ4n) is 3.43. The fourth-order valence-corrected chi connectivity index (χ4v) is 5.08. The largest absolute Gasteiger partial charge is 0.352 e. The average Bonchev–Trinajstić information content (AvgIpc) is 3.67. The fraction of sp³-hybridized carbons (Fsp3) is 0.346. The number of hydrogen-bond acceptors (Lipinski definition) is 5. The third-order valence-corrected chi connectivity index (χ3v) is 7.68. The van der Waals surface area contributed by atoms with E-state index in [9.17, 15) is 13.2 Å². The summed E-state index contributed by atoms with van der Waals surface area (Å²) >= 11 is 5.96. The van der Waals surface area contributed by atoms with Gasteiger partial charge in [-0.3, -0.25) is 15.1 Å². The molecule has 0 aliphatic heterocycles. The third kappa shape index (κ3) is 8.50. The van der Waals surface area contributed by atoms with Gasteiger partial charge in [0.1, 0.15) is 0 Å². The number of rotatable bonds is 13. The molecule has 0 heterocycles. The molecule has 1 unspecified atom stereocenters. The highest BCUT2D eigenvalue weighted by atomic mass is 35.5. The van der Waals surface area contributed by atoms with Crippen molar-refractivity contribution >= 4 is 27.5 Å². The van der Waals surface area contributed by atoms with Crippen LogP contribution in [0.2, 0.25) is 5.02 Å².